The van der Waals surface area contributed by atoms with Gasteiger partial charge in [-0.15, -0.1) is 0 Å². The van der Waals surface area contributed by atoms with Gasteiger partial charge < -0.3 is 0 Å². The quantitative estimate of drug-likeness (QED) is 0.712. The molecule has 1 aromatic rings. The van der Waals surface area contributed by atoms with Crippen LogP contribution in [0.1, 0.15) is 43.0 Å². The maximum absolute atomic E-state index is 13.0. The SMILES string of the molecule is CC1CCC(C(=O)c2cc(F)cc(F)c2)CC1. The zero-order valence-corrected chi connectivity index (χ0v) is 9.88. The molecule has 0 radical (unpaired) electrons. The number of ketones is 1. The first-order chi connectivity index (χ1) is 8.06. The van der Waals surface area contributed by atoms with Crippen molar-refractivity contribution in [2.24, 2.45) is 11.8 Å². The van der Waals surface area contributed by atoms with Crippen molar-refractivity contribution in [3.05, 3.63) is 35.4 Å². The molecule has 0 heterocycles. The standard InChI is InChI=1S/C14H16F2O/c1-9-2-4-10(5-3-9)14(17)11-6-12(15)8-13(16)7-11/h6-10H,2-5H2,1H3. The first-order valence-electron chi connectivity index (χ1n) is 6.06. The molecule has 2 rings (SSSR count). The van der Waals surface area contributed by atoms with Crippen molar-refractivity contribution in [1.82, 2.24) is 0 Å². The summed E-state index contributed by atoms with van der Waals surface area (Å²) >= 11 is 0. The van der Waals surface area contributed by atoms with E-state index in [1.54, 1.807) is 0 Å². The van der Waals surface area contributed by atoms with Crippen LogP contribution in [0, 0.1) is 23.5 Å². The third-order valence-electron chi connectivity index (χ3n) is 3.53. The molecule has 1 fully saturated rings. The highest BCUT2D eigenvalue weighted by Gasteiger charge is 2.25. The van der Waals surface area contributed by atoms with Gasteiger partial charge in [0.25, 0.3) is 0 Å². The van der Waals surface area contributed by atoms with Gasteiger partial charge in [0, 0.05) is 17.5 Å². The number of benzene rings is 1. The van der Waals surface area contributed by atoms with Crippen LogP contribution in [-0.4, -0.2) is 5.78 Å². The summed E-state index contributed by atoms with van der Waals surface area (Å²) in [7, 11) is 0. The molecule has 17 heavy (non-hydrogen) atoms. The molecule has 0 amide bonds. The van der Waals surface area contributed by atoms with Crippen LogP contribution in [-0.2, 0) is 0 Å². The van der Waals surface area contributed by atoms with Gasteiger partial charge in [0.2, 0.25) is 0 Å². The molecule has 0 spiro atoms. The normalized spacial score (nSPS) is 24.6. The first-order valence-corrected chi connectivity index (χ1v) is 6.06. The highest BCUT2D eigenvalue weighted by molar-refractivity contribution is 5.97. The number of hydrogen-bond donors (Lipinski definition) is 0. The van der Waals surface area contributed by atoms with Gasteiger partial charge in [0.1, 0.15) is 11.6 Å². The lowest BCUT2D eigenvalue weighted by atomic mass is 9.79. The van der Waals surface area contributed by atoms with E-state index in [0.717, 1.165) is 43.9 Å². The van der Waals surface area contributed by atoms with Gasteiger partial charge in [0.05, 0.1) is 0 Å². The molecule has 0 aliphatic heterocycles. The third kappa shape index (κ3) is 2.90. The van der Waals surface area contributed by atoms with Crippen molar-refractivity contribution in [3.8, 4) is 0 Å². The highest BCUT2D eigenvalue weighted by Crippen LogP contribution is 2.30. The fraction of sp³-hybridized carbons (Fsp3) is 0.500. The Morgan fingerprint density at radius 1 is 1.06 bits per heavy atom. The summed E-state index contributed by atoms with van der Waals surface area (Å²) in [6, 6.07) is 3.05. The fourth-order valence-electron chi connectivity index (χ4n) is 2.45. The van der Waals surface area contributed by atoms with E-state index < -0.39 is 11.6 Å². The topological polar surface area (TPSA) is 17.1 Å². The Labute approximate surface area is 99.8 Å². The summed E-state index contributed by atoms with van der Waals surface area (Å²) in [6.45, 7) is 2.17. The second kappa shape index (κ2) is 4.94. The van der Waals surface area contributed by atoms with Crippen LogP contribution in [0.3, 0.4) is 0 Å². The molecule has 0 bridgehead atoms. The molecule has 1 saturated carbocycles. The van der Waals surface area contributed by atoms with Crippen molar-refractivity contribution in [1.29, 1.82) is 0 Å². The number of Topliss-reactive ketones (excluding diaryl/α,β-unsaturated/α-hetero) is 1. The van der Waals surface area contributed by atoms with Crippen LogP contribution in [0.4, 0.5) is 8.78 Å². The number of rotatable bonds is 2. The minimum absolute atomic E-state index is 0.0626. The van der Waals surface area contributed by atoms with Crippen LogP contribution in [0.15, 0.2) is 18.2 Å². The molecule has 1 aromatic carbocycles. The lowest BCUT2D eigenvalue weighted by Crippen LogP contribution is -2.21. The maximum atomic E-state index is 13.0. The van der Waals surface area contributed by atoms with E-state index in [2.05, 4.69) is 6.92 Å². The summed E-state index contributed by atoms with van der Waals surface area (Å²) in [4.78, 5) is 12.1. The van der Waals surface area contributed by atoms with Crippen molar-refractivity contribution < 1.29 is 13.6 Å². The summed E-state index contributed by atoms with van der Waals surface area (Å²) in [5.41, 5.74) is 0.169. The second-order valence-electron chi connectivity index (χ2n) is 4.98. The lowest BCUT2D eigenvalue weighted by molar-refractivity contribution is 0.0874. The molecule has 0 saturated heterocycles. The maximum Gasteiger partial charge on any atom is 0.166 e. The first kappa shape index (κ1) is 12.2. The van der Waals surface area contributed by atoms with Crippen LogP contribution in [0.5, 0.6) is 0 Å². The molecule has 1 nitrogen and oxygen atoms in total. The Morgan fingerprint density at radius 3 is 2.12 bits per heavy atom. The van der Waals surface area contributed by atoms with Gasteiger partial charge in [-0.2, -0.15) is 0 Å². The van der Waals surface area contributed by atoms with Gasteiger partial charge in [-0.3, -0.25) is 4.79 Å². The van der Waals surface area contributed by atoms with Crippen molar-refractivity contribution in [2.75, 3.05) is 0 Å². The van der Waals surface area contributed by atoms with Crippen LogP contribution in [0.25, 0.3) is 0 Å². The van der Waals surface area contributed by atoms with Crippen LogP contribution in [0.2, 0.25) is 0 Å². The Balaban J connectivity index is 2.14. The zero-order chi connectivity index (χ0) is 12.4. The monoisotopic (exact) mass is 238 g/mol. The van der Waals surface area contributed by atoms with Crippen molar-refractivity contribution >= 4 is 5.78 Å². The molecule has 0 N–H and O–H groups in total. The Morgan fingerprint density at radius 2 is 1.59 bits per heavy atom. The van der Waals surface area contributed by atoms with Crippen LogP contribution < -0.4 is 0 Å². The van der Waals surface area contributed by atoms with Gasteiger partial charge in [-0.25, -0.2) is 8.78 Å². The van der Waals surface area contributed by atoms with Gasteiger partial charge in [-0.05, 0) is 30.9 Å². The molecule has 0 unspecified atom stereocenters. The van der Waals surface area contributed by atoms with E-state index in [4.69, 9.17) is 0 Å². The predicted molar refractivity (Wildman–Crippen MR) is 61.8 cm³/mol. The van der Waals surface area contributed by atoms with Crippen molar-refractivity contribution in [3.63, 3.8) is 0 Å². The number of halogens is 2. The van der Waals surface area contributed by atoms with Crippen molar-refractivity contribution in [2.45, 2.75) is 32.6 Å². The minimum Gasteiger partial charge on any atom is -0.294 e. The third-order valence-corrected chi connectivity index (χ3v) is 3.53. The predicted octanol–water partition coefficient (Wildman–Crippen LogP) is 3.97. The molecule has 0 atom stereocenters. The zero-order valence-electron chi connectivity index (χ0n) is 9.88. The molecule has 1 aliphatic rings. The summed E-state index contributed by atoms with van der Waals surface area (Å²) in [6.07, 6.45) is 3.71. The van der Waals surface area contributed by atoms with E-state index in [9.17, 15) is 13.6 Å². The minimum atomic E-state index is -0.683. The summed E-state index contributed by atoms with van der Waals surface area (Å²) in [5.74, 6) is -0.888. The molecule has 3 heteroatoms. The largest absolute Gasteiger partial charge is 0.294 e. The van der Waals surface area contributed by atoms with E-state index in [-0.39, 0.29) is 17.3 Å². The Kier molecular flexibility index (Phi) is 3.55. The summed E-state index contributed by atoms with van der Waals surface area (Å²) in [5, 5.41) is 0. The Bertz CT molecular complexity index is 400. The molecule has 1 aliphatic carbocycles. The van der Waals surface area contributed by atoms with E-state index in [1.807, 2.05) is 0 Å². The lowest BCUT2D eigenvalue weighted by Gasteiger charge is -2.25. The molecular formula is C14H16F2O. The second-order valence-corrected chi connectivity index (χ2v) is 4.98. The van der Waals surface area contributed by atoms with E-state index in [0.29, 0.717) is 5.92 Å². The van der Waals surface area contributed by atoms with E-state index in [1.165, 1.54) is 0 Å². The number of hydrogen-bond acceptors (Lipinski definition) is 1. The summed E-state index contributed by atoms with van der Waals surface area (Å²) < 4.78 is 26.1. The van der Waals surface area contributed by atoms with Crippen LogP contribution >= 0.6 is 0 Å². The smallest absolute Gasteiger partial charge is 0.166 e. The fourth-order valence-corrected chi connectivity index (χ4v) is 2.45. The Hall–Kier alpha value is -1.25. The molecule has 92 valence electrons. The number of carbonyl (C=O) groups excluding carboxylic acids is 1. The van der Waals surface area contributed by atoms with Gasteiger partial charge in [0.15, 0.2) is 5.78 Å². The average molecular weight is 238 g/mol. The number of carbonyl (C=O) groups is 1. The van der Waals surface area contributed by atoms with Gasteiger partial charge in [-0.1, -0.05) is 19.8 Å². The molecular weight excluding hydrogens is 222 g/mol. The van der Waals surface area contributed by atoms with Gasteiger partial charge >= 0.3 is 0 Å². The highest BCUT2D eigenvalue weighted by atomic mass is 19.1. The average Bonchev–Trinajstić information content (AvgIpc) is 2.28. The van der Waals surface area contributed by atoms with E-state index >= 15 is 0 Å². The molecule has 0 aromatic heterocycles.